The minimum atomic E-state index is 0.183. The Morgan fingerprint density at radius 3 is 2.82 bits per heavy atom. The van der Waals surface area contributed by atoms with Crippen LogP contribution in [-0.4, -0.2) is 19.7 Å². The van der Waals surface area contributed by atoms with Crippen molar-refractivity contribution in [1.29, 1.82) is 0 Å². The summed E-state index contributed by atoms with van der Waals surface area (Å²) in [6.07, 6.45) is 3.96. The van der Waals surface area contributed by atoms with Crippen LogP contribution in [0, 0.1) is 0 Å². The van der Waals surface area contributed by atoms with E-state index in [2.05, 4.69) is 15.1 Å². The summed E-state index contributed by atoms with van der Waals surface area (Å²) in [4.78, 5) is 7.95. The van der Waals surface area contributed by atoms with Crippen molar-refractivity contribution in [2.24, 2.45) is 7.05 Å². The predicted molar refractivity (Wildman–Crippen MR) is 66.2 cm³/mol. The molecule has 88 valence electrons. The Morgan fingerprint density at radius 1 is 1.35 bits per heavy atom. The second-order valence-corrected chi connectivity index (χ2v) is 4.93. The Labute approximate surface area is 109 Å². The first-order valence-corrected chi connectivity index (χ1v) is 6.13. The summed E-state index contributed by atoms with van der Waals surface area (Å²) >= 11 is 11.8. The predicted octanol–water partition coefficient (Wildman–Crippen LogP) is 3.06. The molecule has 3 rings (SSSR count). The molecule has 4 nitrogen and oxygen atoms in total. The largest absolute Gasteiger partial charge is 0.272 e. The molecule has 0 N–H and O–H groups in total. The lowest BCUT2D eigenvalue weighted by Gasteiger charge is -1.98. The highest BCUT2D eigenvalue weighted by atomic mass is 35.5. The highest BCUT2D eigenvalue weighted by molar-refractivity contribution is 6.33. The Bertz CT molecular complexity index is 575. The third-order valence-corrected chi connectivity index (χ3v) is 3.33. The zero-order chi connectivity index (χ0) is 12.0. The van der Waals surface area contributed by atoms with E-state index in [-0.39, 0.29) is 5.28 Å². The van der Waals surface area contributed by atoms with Crippen molar-refractivity contribution in [3.05, 3.63) is 28.3 Å². The van der Waals surface area contributed by atoms with Gasteiger partial charge < -0.3 is 0 Å². The van der Waals surface area contributed by atoms with E-state index < -0.39 is 0 Å². The fourth-order valence-corrected chi connectivity index (χ4v) is 2.21. The highest BCUT2D eigenvalue weighted by Gasteiger charge is 2.27. The molecule has 2 aromatic rings. The molecule has 0 atom stereocenters. The molecule has 0 saturated heterocycles. The molecule has 1 fully saturated rings. The van der Waals surface area contributed by atoms with E-state index in [9.17, 15) is 0 Å². The van der Waals surface area contributed by atoms with Gasteiger partial charge in [-0.05, 0) is 30.5 Å². The summed E-state index contributed by atoms with van der Waals surface area (Å²) in [7, 11) is 1.94. The third kappa shape index (κ3) is 2.03. The van der Waals surface area contributed by atoms with Crippen LogP contribution < -0.4 is 0 Å². The van der Waals surface area contributed by atoms with Crippen LogP contribution in [0.15, 0.2) is 12.3 Å². The molecular formula is C11H10Cl2N4. The number of nitrogens with zero attached hydrogens (tertiary/aromatic N) is 4. The zero-order valence-electron chi connectivity index (χ0n) is 9.19. The van der Waals surface area contributed by atoms with Gasteiger partial charge in [0.1, 0.15) is 11.4 Å². The summed E-state index contributed by atoms with van der Waals surface area (Å²) in [5.41, 5.74) is 2.57. The molecule has 0 amide bonds. The SMILES string of the molecule is Cn1nc(-c2nc(Cl)ncc2Cl)cc1C1CC1. The van der Waals surface area contributed by atoms with Crippen LogP contribution in [0.25, 0.3) is 11.4 Å². The normalized spacial score (nSPS) is 15.2. The summed E-state index contributed by atoms with van der Waals surface area (Å²) in [5.74, 6) is 0.636. The van der Waals surface area contributed by atoms with Crippen molar-refractivity contribution >= 4 is 23.2 Å². The quantitative estimate of drug-likeness (QED) is 0.787. The molecule has 2 heterocycles. The fourth-order valence-electron chi connectivity index (χ4n) is 1.88. The van der Waals surface area contributed by atoms with Crippen LogP contribution in [0.1, 0.15) is 24.5 Å². The van der Waals surface area contributed by atoms with Crippen molar-refractivity contribution < 1.29 is 0 Å². The number of hydrogen-bond donors (Lipinski definition) is 0. The molecule has 2 aromatic heterocycles. The molecule has 0 aliphatic heterocycles. The minimum Gasteiger partial charge on any atom is -0.272 e. The molecule has 17 heavy (non-hydrogen) atoms. The minimum absolute atomic E-state index is 0.183. The maximum absolute atomic E-state index is 6.05. The number of aromatic nitrogens is 4. The van der Waals surface area contributed by atoms with Gasteiger partial charge in [-0.3, -0.25) is 4.68 Å². The molecule has 0 unspecified atom stereocenters. The van der Waals surface area contributed by atoms with Gasteiger partial charge in [-0.1, -0.05) is 11.6 Å². The van der Waals surface area contributed by atoms with Gasteiger partial charge in [0.15, 0.2) is 0 Å². The molecular weight excluding hydrogens is 259 g/mol. The van der Waals surface area contributed by atoms with Gasteiger partial charge in [0.05, 0.1) is 11.2 Å². The Hall–Kier alpha value is -1.13. The van der Waals surface area contributed by atoms with Gasteiger partial charge in [-0.25, -0.2) is 9.97 Å². The molecule has 1 aliphatic rings. The maximum Gasteiger partial charge on any atom is 0.223 e. The fraction of sp³-hybridized carbons (Fsp3) is 0.364. The van der Waals surface area contributed by atoms with Gasteiger partial charge in [-0.2, -0.15) is 5.10 Å². The molecule has 6 heteroatoms. The molecule has 1 saturated carbocycles. The van der Waals surface area contributed by atoms with Crippen LogP contribution in [0.5, 0.6) is 0 Å². The summed E-state index contributed by atoms with van der Waals surface area (Å²) in [6, 6.07) is 2.03. The number of halogens is 2. The van der Waals surface area contributed by atoms with E-state index in [4.69, 9.17) is 23.2 Å². The Morgan fingerprint density at radius 2 is 2.12 bits per heavy atom. The summed E-state index contributed by atoms with van der Waals surface area (Å²) < 4.78 is 1.89. The van der Waals surface area contributed by atoms with Gasteiger partial charge in [0, 0.05) is 18.7 Å². The lowest BCUT2D eigenvalue weighted by Crippen LogP contribution is -1.96. The second kappa shape index (κ2) is 3.96. The smallest absolute Gasteiger partial charge is 0.223 e. The molecule has 0 bridgehead atoms. The average Bonchev–Trinajstić information content (AvgIpc) is 3.06. The molecule has 1 aliphatic carbocycles. The van der Waals surface area contributed by atoms with Gasteiger partial charge in [0.2, 0.25) is 5.28 Å². The molecule has 0 aromatic carbocycles. The average molecular weight is 269 g/mol. The van der Waals surface area contributed by atoms with E-state index >= 15 is 0 Å². The number of rotatable bonds is 2. The van der Waals surface area contributed by atoms with Gasteiger partial charge in [-0.15, -0.1) is 0 Å². The van der Waals surface area contributed by atoms with E-state index in [0.29, 0.717) is 16.6 Å². The molecule has 0 radical (unpaired) electrons. The lowest BCUT2D eigenvalue weighted by molar-refractivity contribution is 0.715. The van der Waals surface area contributed by atoms with Gasteiger partial charge in [0.25, 0.3) is 0 Å². The van der Waals surface area contributed by atoms with Crippen LogP contribution in [0.2, 0.25) is 10.3 Å². The summed E-state index contributed by atoms with van der Waals surface area (Å²) in [5, 5.41) is 5.08. The van der Waals surface area contributed by atoms with Crippen molar-refractivity contribution in [3.63, 3.8) is 0 Å². The van der Waals surface area contributed by atoms with E-state index in [1.54, 1.807) is 0 Å². The van der Waals surface area contributed by atoms with Crippen molar-refractivity contribution in [3.8, 4) is 11.4 Å². The van der Waals surface area contributed by atoms with Crippen LogP contribution in [0.3, 0.4) is 0 Å². The van der Waals surface area contributed by atoms with Crippen LogP contribution in [0.4, 0.5) is 0 Å². The van der Waals surface area contributed by atoms with E-state index in [0.717, 1.165) is 5.69 Å². The van der Waals surface area contributed by atoms with E-state index in [1.165, 1.54) is 24.7 Å². The van der Waals surface area contributed by atoms with E-state index in [1.807, 2.05) is 17.8 Å². The first-order valence-electron chi connectivity index (χ1n) is 5.37. The van der Waals surface area contributed by atoms with Crippen molar-refractivity contribution in [2.45, 2.75) is 18.8 Å². The van der Waals surface area contributed by atoms with Crippen LogP contribution in [-0.2, 0) is 7.05 Å². The van der Waals surface area contributed by atoms with Gasteiger partial charge >= 0.3 is 0 Å². The first kappa shape index (κ1) is 11.0. The number of aryl methyl sites for hydroxylation is 1. The summed E-state index contributed by atoms with van der Waals surface area (Å²) in [6.45, 7) is 0. The highest BCUT2D eigenvalue weighted by Crippen LogP contribution is 2.41. The topological polar surface area (TPSA) is 43.6 Å². The zero-order valence-corrected chi connectivity index (χ0v) is 10.7. The first-order chi connectivity index (χ1) is 8.15. The Balaban J connectivity index is 2.08. The lowest BCUT2D eigenvalue weighted by atomic mass is 10.2. The second-order valence-electron chi connectivity index (χ2n) is 4.19. The molecule has 0 spiro atoms. The maximum atomic E-state index is 6.05. The Kier molecular flexibility index (Phi) is 2.56. The third-order valence-electron chi connectivity index (χ3n) is 2.87. The van der Waals surface area contributed by atoms with Crippen molar-refractivity contribution in [2.75, 3.05) is 0 Å². The number of hydrogen-bond acceptors (Lipinski definition) is 3. The van der Waals surface area contributed by atoms with Crippen molar-refractivity contribution in [1.82, 2.24) is 19.7 Å². The van der Waals surface area contributed by atoms with Crippen LogP contribution >= 0.6 is 23.2 Å². The monoisotopic (exact) mass is 268 g/mol. The standard InChI is InChI=1S/C11H10Cl2N4/c1-17-9(6-2-3-6)4-8(16-17)10-7(12)5-14-11(13)15-10/h4-6H,2-3H2,1H3.